The Bertz CT molecular complexity index is 430. The lowest BCUT2D eigenvalue weighted by molar-refractivity contribution is -0.384. The average molecular weight is 252 g/mol. The molecule has 5 heteroatoms. The second kappa shape index (κ2) is 5.82. The van der Waals surface area contributed by atoms with E-state index in [1.54, 1.807) is 19.1 Å². The van der Waals surface area contributed by atoms with Crippen LogP contribution in [0.25, 0.3) is 0 Å². The number of benzene rings is 1. The van der Waals surface area contributed by atoms with Crippen LogP contribution in [0.3, 0.4) is 0 Å². The zero-order valence-corrected chi connectivity index (χ0v) is 11.3. The van der Waals surface area contributed by atoms with E-state index in [4.69, 9.17) is 0 Å². The Morgan fingerprint density at radius 3 is 2.44 bits per heavy atom. The fraction of sp³-hybridized carbons (Fsp3) is 0.538. The van der Waals surface area contributed by atoms with Crippen molar-refractivity contribution >= 4 is 11.4 Å². The molecule has 0 bridgehead atoms. The number of aliphatic hydroxyl groups is 1. The SMILES string of the molecule is CC(C)CN(C)c1ccc([C@@H](C)O)cc1[N+](=O)[O-]. The second-order valence-corrected chi connectivity index (χ2v) is 4.96. The van der Waals surface area contributed by atoms with E-state index in [1.807, 2.05) is 11.9 Å². The van der Waals surface area contributed by atoms with Gasteiger partial charge in [-0.05, 0) is 24.5 Å². The molecule has 1 atom stereocenters. The molecule has 0 aliphatic carbocycles. The van der Waals surface area contributed by atoms with Gasteiger partial charge >= 0.3 is 0 Å². The minimum Gasteiger partial charge on any atom is -0.389 e. The highest BCUT2D eigenvalue weighted by atomic mass is 16.6. The van der Waals surface area contributed by atoms with Crippen molar-refractivity contribution in [3.8, 4) is 0 Å². The fourth-order valence-electron chi connectivity index (χ4n) is 1.92. The number of hydrogen-bond acceptors (Lipinski definition) is 4. The van der Waals surface area contributed by atoms with Crippen molar-refractivity contribution in [1.29, 1.82) is 0 Å². The first-order valence-electron chi connectivity index (χ1n) is 6.00. The highest BCUT2D eigenvalue weighted by Crippen LogP contribution is 2.30. The van der Waals surface area contributed by atoms with Crippen LogP contribution in [-0.2, 0) is 0 Å². The molecular formula is C13H20N2O3. The molecule has 100 valence electrons. The van der Waals surface area contributed by atoms with E-state index in [-0.39, 0.29) is 5.69 Å². The predicted octanol–water partition coefficient (Wildman–Crippen LogP) is 2.74. The lowest BCUT2D eigenvalue weighted by Crippen LogP contribution is -2.23. The zero-order chi connectivity index (χ0) is 13.9. The molecule has 1 aromatic rings. The van der Waals surface area contributed by atoms with Crippen molar-refractivity contribution < 1.29 is 10.0 Å². The minimum atomic E-state index is -0.701. The van der Waals surface area contributed by atoms with Gasteiger partial charge in [-0.1, -0.05) is 19.9 Å². The largest absolute Gasteiger partial charge is 0.389 e. The number of aliphatic hydroxyl groups excluding tert-OH is 1. The topological polar surface area (TPSA) is 66.6 Å². The fourth-order valence-corrected chi connectivity index (χ4v) is 1.92. The van der Waals surface area contributed by atoms with Crippen molar-refractivity contribution in [3.63, 3.8) is 0 Å². The molecule has 0 saturated carbocycles. The molecule has 1 aromatic carbocycles. The van der Waals surface area contributed by atoms with E-state index < -0.39 is 11.0 Å². The van der Waals surface area contributed by atoms with Crippen LogP contribution < -0.4 is 4.90 Å². The molecule has 1 N–H and O–H groups in total. The molecule has 0 aliphatic rings. The minimum absolute atomic E-state index is 0.0385. The van der Waals surface area contributed by atoms with E-state index in [9.17, 15) is 15.2 Å². The summed E-state index contributed by atoms with van der Waals surface area (Å²) in [5.41, 5.74) is 1.18. The molecular weight excluding hydrogens is 232 g/mol. The van der Waals surface area contributed by atoms with Crippen molar-refractivity contribution in [2.24, 2.45) is 5.92 Å². The van der Waals surface area contributed by atoms with Gasteiger partial charge in [0.2, 0.25) is 0 Å². The quantitative estimate of drug-likeness (QED) is 0.646. The van der Waals surface area contributed by atoms with Gasteiger partial charge in [-0.25, -0.2) is 0 Å². The maximum atomic E-state index is 11.1. The molecule has 0 amide bonds. The van der Waals surface area contributed by atoms with E-state index in [0.29, 0.717) is 17.2 Å². The molecule has 0 heterocycles. The molecule has 5 nitrogen and oxygen atoms in total. The highest BCUT2D eigenvalue weighted by Gasteiger charge is 2.19. The van der Waals surface area contributed by atoms with Crippen molar-refractivity contribution in [2.75, 3.05) is 18.5 Å². The maximum absolute atomic E-state index is 11.1. The number of rotatable bonds is 5. The molecule has 0 unspecified atom stereocenters. The standard InChI is InChI=1S/C13H20N2O3/c1-9(2)8-14(4)12-6-5-11(10(3)16)7-13(12)15(17)18/h5-7,9-10,16H,8H2,1-4H3/t10-/m1/s1. The van der Waals surface area contributed by atoms with Gasteiger partial charge < -0.3 is 10.0 Å². The summed E-state index contributed by atoms with van der Waals surface area (Å²) in [6.07, 6.45) is -0.701. The Hall–Kier alpha value is -1.62. The lowest BCUT2D eigenvalue weighted by Gasteiger charge is -2.21. The van der Waals surface area contributed by atoms with E-state index >= 15 is 0 Å². The van der Waals surface area contributed by atoms with Gasteiger partial charge in [0.1, 0.15) is 5.69 Å². The zero-order valence-electron chi connectivity index (χ0n) is 11.3. The molecule has 0 radical (unpaired) electrons. The third-order valence-corrected chi connectivity index (χ3v) is 2.73. The molecule has 0 aliphatic heterocycles. The van der Waals surface area contributed by atoms with Crippen molar-refractivity contribution in [1.82, 2.24) is 0 Å². The number of anilines is 1. The summed E-state index contributed by atoms with van der Waals surface area (Å²) in [6.45, 7) is 6.46. The summed E-state index contributed by atoms with van der Waals surface area (Å²) >= 11 is 0. The first-order chi connectivity index (χ1) is 8.32. The normalized spacial score (nSPS) is 12.6. The Morgan fingerprint density at radius 1 is 1.39 bits per heavy atom. The van der Waals surface area contributed by atoms with Gasteiger partial charge in [0, 0.05) is 19.7 Å². The third-order valence-electron chi connectivity index (χ3n) is 2.73. The molecule has 0 fully saturated rings. The third kappa shape index (κ3) is 3.43. The Kier molecular flexibility index (Phi) is 4.67. The van der Waals surface area contributed by atoms with Gasteiger partial charge in [0.15, 0.2) is 0 Å². The van der Waals surface area contributed by atoms with E-state index in [0.717, 1.165) is 6.54 Å². The Morgan fingerprint density at radius 2 is 2.00 bits per heavy atom. The van der Waals surface area contributed by atoms with Crippen LogP contribution in [0.4, 0.5) is 11.4 Å². The summed E-state index contributed by atoms with van der Waals surface area (Å²) in [5.74, 6) is 0.422. The van der Waals surface area contributed by atoms with Crippen LogP contribution in [0.2, 0.25) is 0 Å². The van der Waals surface area contributed by atoms with Crippen LogP contribution in [0.5, 0.6) is 0 Å². The molecule has 18 heavy (non-hydrogen) atoms. The molecule has 0 aromatic heterocycles. The first-order valence-corrected chi connectivity index (χ1v) is 6.00. The second-order valence-electron chi connectivity index (χ2n) is 4.96. The van der Waals surface area contributed by atoms with Crippen LogP contribution in [0.1, 0.15) is 32.4 Å². The first kappa shape index (κ1) is 14.4. The van der Waals surface area contributed by atoms with Gasteiger partial charge in [-0.3, -0.25) is 10.1 Å². The smallest absolute Gasteiger partial charge is 0.292 e. The van der Waals surface area contributed by atoms with E-state index in [2.05, 4.69) is 13.8 Å². The van der Waals surface area contributed by atoms with Crippen LogP contribution >= 0.6 is 0 Å². The summed E-state index contributed by atoms with van der Waals surface area (Å²) in [5, 5.41) is 20.6. The molecule has 1 rings (SSSR count). The number of nitro groups is 1. The monoisotopic (exact) mass is 252 g/mol. The van der Waals surface area contributed by atoms with E-state index in [1.165, 1.54) is 6.07 Å². The number of nitro benzene ring substituents is 1. The van der Waals surface area contributed by atoms with Gasteiger partial charge in [0.05, 0.1) is 11.0 Å². The highest BCUT2D eigenvalue weighted by molar-refractivity contribution is 5.64. The van der Waals surface area contributed by atoms with Crippen molar-refractivity contribution in [2.45, 2.75) is 26.9 Å². The average Bonchev–Trinajstić information content (AvgIpc) is 2.26. The number of hydrogen-bond donors (Lipinski definition) is 1. The predicted molar refractivity (Wildman–Crippen MR) is 71.8 cm³/mol. The Balaban J connectivity index is 3.15. The number of nitrogens with zero attached hydrogens (tertiary/aromatic N) is 2. The van der Waals surface area contributed by atoms with Gasteiger partial charge in [0.25, 0.3) is 5.69 Å². The van der Waals surface area contributed by atoms with Crippen LogP contribution in [-0.4, -0.2) is 23.6 Å². The van der Waals surface area contributed by atoms with Gasteiger partial charge in [-0.15, -0.1) is 0 Å². The van der Waals surface area contributed by atoms with Crippen LogP contribution in [0.15, 0.2) is 18.2 Å². The molecule has 0 saturated heterocycles. The maximum Gasteiger partial charge on any atom is 0.292 e. The summed E-state index contributed by atoms with van der Waals surface area (Å²) in [7, 11) is 1.84. The van der Waals surface area contributed by atoms with Gasteiger partial charge in [-0.2, -0.15) is 0 Å². The lowest BCUT2D eigenvalue weighted by atomic mass is 10.1. The summed E-state index contributed by atoms with van der Waals surface area (Å²) in [4.78, 5) is 12.5. The molecule has 0 spiro atoms. The van der Waals surface area contributed by atoms with Crippen molar-refractivity contribution in [3.05, 3.63) is 33.9 Å². The summed E-state index contributed by atoms with van der Waals surface area (Å²) < 4.78 is 0. The summed E-state index contributed by atoms with van der Waals surface area (Å²) in [6, 6.07) is 4.86. The van der Waals surface area contributed by atoms with Crippen LogP contribution in [0, 0.1) is 16.0 Å². The Labute approximate surface area is 107 Å².